The predicted molar refractivity (Wildman–Crippen MR) is 172 cm³/mol. The Morgan fingerprint density at radius 2 is 1.18 bits per heavy atom. The minimum absolute atomic E-state index is 0.323. The van der Waals surface area contributed by atoms with Crippen LogP contribution in [0.2, 0.25) is 0 Å². The number of hydrogen-bond acceptors (Lipinski definition) is 14. The number of carbonyl (C=O) groups excluding carboxylic acids is 2. The standard InChI is InChI=1S/C16H26O14.3C6H5.Pb/c17-3-6-11(23)14(26)16(5-18,29-6)30-15-13(25)12(24)10(22)7(28-15)4-27-9(21)2-1-8(19)20;3*1-2-4-6-5-3-1;/h6-7,10-15,17-18,22-26H,1-5H2,(H,19,20);3*1-5H;/q;;;;+1/p-1/t6-,7-,10-,11-,12+,13-,14+,15-,16+;;;;/m1..../s1. The SMILES string of the molecule is O=C(CCC(=O)[O][Pb]([c]1ccccc1)([c]1ccccc1)[c]1ccccc1)OC[C@H]1O[C@H](O[C@]2(CO)O[C@H](CO)[C@@H](O)[C@@H]2O)[C@H](O)[C@@H](O)[C@@H]1O. The van der Waals surface area contributed by atoms with Crippen molar-refractivity contribution in [2.24, 2.45) is 0 Å². The molecule has 0 amide bonds. The monoisotopic (exact) mass is 880 g/mol. The van der Waals surface area contributed by atoms with Crippen LogP contribution in [-0.4, -0.2) is 144 Å². The Kier molecular flexibility index (Phi) is 12.5. The Hall–Kier alpha value is -2.88. The van der Waals surface area contributed by atoms with Gasteiger partial charge in [0.1, 0.15) is 24.9 Å². The molecule has 9 atom stereocenters. The van der Waals surface area contributed by atoms with Gasteiger partial charge in [0.05, 0.1) is 6.61 Å². The fraction of sp³-hybridized carbons (Fsp3) is 0.412. The van der Waals surface area contributed by atoms with E-state index < -0.39 is 108 Å². The van der Waals surface area contributed by atoms with Crippen molar-refractivity contribution >= 4 is 42.9 Å². The second kappa shape index (κ2) is 16.4. The van der Waals surface area contributed by atoms with Crippen molar-refractivity contribution in [1.29, 1.82) is 0 Å². The van der Waals surface area contributed by atoms with Gasteiger partial charge in [-0.1, -0.05) is 0 Å². The summed E-state index contributed by atoms with van der Waals surface area (Å²) >= 11 is -4.59. The minimum atomic E-state index is -4.59. The van der Waals surface area contributed by atoms with Crippen molar-refractivity contribution in [3.05, 3.63) is 91.0 Å². The van der Waals surface area contributed by atoms with Gasteiger partial charge >= 0.3 is 232 Å². The van der Waals surface area contributed by atoms with Gasteiger partial charge in [0.2, 0.25) is 0 Å². The van der Waals surface area contributed by atoms with Gasteiger partial charge in [-0.3, -0.25) is 0 Å². The average Bonchev–Trinajstić information content (AvgIpc) is 3.38. The van der Waals surface area contributed by atoms with Crippen molar-refractivity contribution < 1.29 is 67.0 Å². The quantitative estimate of drug-likeness (QED) is 0.0679. The molecule has 3 aromatic carbocycles. The van der Waals surface area contributed by atoms with Crippen molar-refractivity contribution in [2.45, 2.75) is 67.6 Å². The molecule has 2 aliphatic heterocycles. The second-order valence-corrected chi connectivity index (χ2v) is 24.6. The van der Waals surface area contributed by atoms with Crippen LogP contribution in [0.4, 0.5) is 0 Å². The molecule has 2 fully saturated rings. The average molecular weight is 880 g/mol. The molecule has 3 aromatic rings. The predicted octanol–water partition coefficient (Wildman–Crippen LogP) is -2.85. The molecule has 14 nitrogen and oxygen atoms in total. The number of aliphatic hydroxyl groups is 7. The summed E-state index contributed by atoms with van der Waals surface area (Å²) in [6.45, 7) is -2.42. The number of ether oxygens (including phenoxy) is 4. The molecule has 0 unspecified atom stereocenters. The third-order valence-electron chi connectivity index (χ3n) is 8.64. The maximum absolute atomic E-state index is 13.5. The number of aliphatic hydroxyl groups excluding tert-OH is 7. The Balaban J connectivity index is 1.24. The number of hydrogen-bond donors (Lipinski definition) is 7. The van der Waals surface area contributed by atoms with E-state index in [1.807, 2.05) is 91.0 Å². The topological polar surface area (TPSA) is 222 Å². The summed E-state index contributed by atoms with van der Waals surface area (Å²) in [7, 11) is 0. The van der Waals surface area contributed by atoms with Crippen LogP contribution in [0.25, 0.3) is 0 Å². The van der Waals surface area contributed by atoms with Gasteiger partial charge < -0.3 is 25.2 Å². The van der Waals surface area contributed by atoms with Gasteiger partial charge in [-0.05, 0) is 0 Å². The molecule has 0 aliphatic carbocycles. The van der Waals surface area contributed by atoms with Crippen molar-refractivity contribution in [3.8, 4) is 0 Å². The molecular formula is C34H40O14Pb. The van der Waals surface area contributed by atoms with Gasteiger partial charge in [-0.2, -0.15) is 0 Å². The molecule has 49 heavy (non-hydrogen) atoms. The van der Waals surface area contributed by atoms with E-state index in [9.17, 15) is 45.3 Å². The third-order valence-corrected chi connectivity index (χ3v) is 24.1. The van der Waals surface area contributed by atoms with Crippen molar-refractivity contribution in [1.82, 2.24) is 0 Å². The van der Waals surface area contributed by atoms with Crippen LogP contribution in [0, 0.1) is 0 Å². The number of rotatable bonds is 13. The van der Waals surface area contributed by atoms with E-state index in [4.69, 9.17) is 21.6 Å². The summed E-state index contributed by atoms with van der Waals surface area (Å²) in [5.74, 6) is -3.81. The summed E-state index contributed by atoms with van der Waals surface area (Å²) in [5, 5.41) is 71.3. The Bertz CT molecular complexity index is 1420. The van der Waals surface area contributed by atoms with E-state index in [0.717, 1.165) is 9.37 Å². The van der Waals surface area contributed by atoms with Gasteiger partial charge in [0.25, 0.3) is 0 Å². The van der Waals surface area contributed by atoms with Crippen LogP contribution >= 0.6 is 0 Å². The molecule has 0 radical (unpaired) electrons. The fourth-order valence-electron chi connectivity index (χ4n) is 5.99. The van der Waals surface area contributed by atoms with Crippen LogP contribution in [0.15, 0.2) is 91.0 Å². The number of carbonyl (C=O) groups is 2. The molecule has 0 spiro atoms. The molecule has 264 valence electrons. The Morgan fingerprint density at radius 3 is 1.65 bits per heavy atom. The van der Waals surface area contributed by atoms with E-state index in [1.165, 1.54) is 0 Å². The van der Waals surface area contributed by atoms with E-state index >= 15 is 0 Å². The molecule has 15 heteroatoms. The second-order valence-electron chi connectivity index (χ2n) is 11.8. The molecule has 2 aliphatic rings. The third kappa shape index (κ3) is 7.89. The molecule has 0 saturated carbocycles. The maximum atomic E-state index is 13.5. The normalized spacial score (nSPS) is 30.1. The van der Waals surface area contributed by atoms with E-state index in [2.05, 4.69) is 0 Å². The molecule has 2 saturated heterocycles. The van der Waals surface area contributed by atoms with Crippen molar-refractivity contribution in [3.63, 3.8) is 0 Å². The Labute approximate surface area is 287 Å². The first kappa shape index (κ1) is 37.4. The molecule has 0 aromatic heterocycles. The zero-order valence-corrected chi connectivity index (χ0v) is 30.2. The van der Waals surface area contributed by atoms with Gasteiger partial charge in [-0.15, -0.1) is 0 Å². The van der Waals surface area contributed by atoms with Crippen LogP contribution in [-0.2, 0) is 31.2 Å². The first-order valence-electron chi connectivity index (χ1n) is 15.7. The van der Waals surface area contributed by atoms with Gasteiger partial charge in [-0.25, -0.2) is 0 Å². The molecule has 2 heterocycles. The zero-order valence-electron chi connectivity index (χ0n) is 26.3. The van der Waals surface area contributed by atoms with Gasteiger partial charge in [0.15, 0.2) is 0 Å². The van der Waals surface area contributed by atoms with Crippen LogP contribution < -0.4 is 9.37 Å². The Morgan fingerprint density at radius 1 is 0.673 bits per heavy atom. The first-order valence-corrected chi connectivity index (χ1v) is 23.1. The van der Waals surface area contributed by atoms with Crippen LogP contribution in [0.1, 0.15) is 12.8 Å². The number of esters is 1. The van der Waals surface area contributed by atoms with Crippen molar-refractivity contribution in [2.75, 3.05) is 19.8 Å². The fourth-order valence-corrected chi connectivity index (χ4v) is 20.7. The summed E-state index contributed by atoms with van der Waals surface area (Å²) in [6, 6.07) is 28.6. The molecule has 5 rings (SSSR count). The summed E-state index contributed by atoms with van der Waals surface area (Å²) in [4.78, 5) is 26.3. The molecule has 0 bridgehead atoms. The molecule has 7 N–H and O–H groups in total. The van der Waals surface area contributed by atoms with Gasteiger partial charge in [0, 0.05) is 0 Å². The number of benzene rings is 3. The van der Waals surface area contributed by atoms with E-state index in [-0.39, 0.29) is 12.8 Å². The van der Waals surface area contributed by atoms with E-state index in [1.54, 1.807) is 0 Å². The first-order chi connectivity index (χ1) is 23.6. The molecular weight excluding hydrogens is 840 g/mol. The van der Waals surface area contributed by atoms with Crippen LogP contribution in [0.3, 0.4) is 0 Å². The van der Waals surface area contributed by atoms with E-state index in [0.29, 0.717) is 0 Å². The summed E-state index contributed by atoms with van der Waals surface area (Å²) in [5.41, 5.74) is 0. The summed E-state index contributed by atoms with van der Waals surface area (Å²) < 4.78 is 30.7. The summed E-state index contributed by atoms with van der Waals surface area (Å²) in [6.07, 6.45) is -14.5. The van der Waals surface area contributed by atoms with Crippen LogP contribution in [0.5, 0.6) is 0 Å². The zero-order chi connectivity index (χ0) is 35.2.